The van der Waals surface area contributed by atoms with Crippen LogP contribution in [0.3, 0.4) is 0 Å². The molecule has 0 radical (unpaired) electrons. The molecule has 1 aromatic carbocycles. The Labute approximate surface area is 313 Å². The van der Waals surface area contributed by atoms with Crippen molar-refractivity contribution in [1.29, 1.82) is 0 Å². The zero-order chi connectivity index (χ0) is 40.6. The van der Waals surface area contributed by atoms with Crippen molar-refractivity contribution < 1.29 is 57.5 Å². The van der Waals surface area contributed by atoms with Gasteiger partial charge in [-0.1, -0.05) is 18.2 Å². The molecule has 25 heteroatoms. The molecule has 2 N–H and O–H groups in total. The van der Waals surface area contributed by atoms with Gasteiger partial charge in [-0.05, 0) is 6.07 Å². The molecule has 1 atom stereocenters. The second-order valence-electron chi connectivity index (χ2n) is 12.6. The molecule has 0 spiro atoms. The number of alkyl halides is 6. The molecule has 0 bridgehead atoms. The van der Waals surface area contributed by atoms with Crippen molar-refractivity contribution in [3.05, 3.63) is 95.3 Å². The first-order valence-electron chi connectivity index (χ1n) is 16.4. The summed E-state index contributed by atoms with van der Waals surface area (Å²) in [5, 5.41) is 28.0. The minimum absolute atomic E-state index is 0.000512. The molecule has 56 heavy (non-hydrogen) atoms. The minimum atomic E-state index is -4.40. The average Bonchev–Trinajstić information content (AvgIpc) is 3.96. The van der Waals surface area contributed by atoms with E-state index in [4.69, 9.17) is 0 Å². The maximum atomic E-state index is 14.1. The maximum Gasteiger partial charge on any atom is 0.390 e. The van der Waals surface area contributed by atoms with Crippen molar-refractivity contribution in [2.75, 3.05) is 6.61 Å². The number of carbonyl (C=O) groups is 1. The van der Waals surface area contributed by atoms with Crippen molar-refractivity contribution >= 4 is 26.0 Å². The topological polar surface area (TPSA) is 192 Å². The van der Waals surface area contributed by atoms with Crippen LogP contribution < -0.4 is 5.32 Å². The summed E-state index contributed by atoms with van der Waals surface area (Å²) < 4.78 is 141. The summed E-state index contributed by atoms with van der Waals surface area (Å²) in [6.45, 7) is -0.594. The normalized spacial score (nSPS) is 15.0. The Morgan fingerprint density at radius 1 is 0.768 bits per heavy atom. The molecule has 5 aromatic rings. The molecule has 0 saturated heterocycles. The SMILES string of the molecule is O=C([C@@H](CO)c1ccccc1F)N1Cc2cn(S(=O)(=O)c3cnn(CCC(F)(F)F)c3)nc2C1.O=S(=O)(c1cnn(CCC(F)(F)F)c1)n1cc2c(n1)CNC2. The van der Waals surface area contributed by atoms with Gasteiger partial charge in [0.15, 0.2) is 0 Å². The van der Waals surface area contributed by atoms with Crippen molar-refractivity contribution in [2.24, 2.45) is 0 Å². The summed E-state index contributed by atoms with van der Waals surface area (Å²) in [7, 11) is -8.15. The van der Waals surface area contributed by atoms with Crippen LogP contribution in [0.1, 0.15) is 46.8 Å². The average molecular weight is 837 g/mol. The maximum absolute atomic E-state index is 14.1. The zero-order valence-electron chi connectivity index (χ0n) is 28.7. The Hall–Kier alpha value is -5.14. The monoisotopic (exact) mass is 836 g/mol. The van der Waals surface area contributed by atoms with Gasteiger partial charge in [-0.15, -0.1) is 0 Å². The van der Waals surface area contributed by atoms with E-state index in [0.29, 0.717) is 34.1 Å². The first-order valence-corrected chi connectivity index (χ1v) is 19.3. The first kappa shape index (κ1) is 40.5. The number of hydrogen-bond donors (Lipinski definition) is 2. The number of nitrogens with one attached hydrogen (secondary N) is 1. The number of aryl methyl sites for hydroxylation is 2. The van der Waals surface area contributed by atoms with Crippen molar-refractivity contribution in [3.63, 3.8) is 0 Å². The molecule has 16 nitrogen and oxygen atoms in total. The summed E-state index contributed by atoms with van der Waals surface area (Å²) in [4.78, 5) is 13.7. The Bertz CT molecular complexity index is 2390. The van der Waals surface area contributed by atoms with E-state index in [-0.39, 0.29) is 28.4 Å². The first-order chi connectivity index (χ1) is 26.2. The van der Waals surface area contributed by atoms with E-state index >= 15 is 0 Å². The fourth-order valence-electron chi connectivity index (χ4n) is 5.75. The van der Waals surface area contributed by atoms with Crippen LogP contribution in [0, 0.1) is 5.82 Å². The van der Waals surface area contributed by atoms with Crippen molar-refractivity contribution in [1.82, 2.24) is 48.1 Å². The van der Waals surface area contributed by atoms with Gasteiger partial charge in [-0.3, -0.25) is 14.2 Å². The molecule has 1 amide bonds. The molecular weight excluding hydrogens is 806 g/mol. The van der Waals surface area contributed by atoms with Gasteiger partial charge < -0.3 is 15.3 Å². The molecule has 4 aromatic heterocycles. The molecule has 2 aliphatic rings. The highest BCUT2D eigenvalue weighted by Gasteiger charge is 2.35. The summed E-state index contributed by atoms with van der Waals surface area (Å²) in [5.74, 6) is -2.28. The number of amides is 1. The predicted molar refractivity (Wildman–Crippen MR) is 176 cm³/mol. The standard InChI is InChI=1S/C20H19F4N5O4S.C11H12F3N5O2S/c21-17-4-2-1-3-15(17)16(12-30)19(31)27-8-13-9-29(26-18(13)11-27)34(32,33)14-7-25-28(10-14)6-5-20(22,23)24;12-11(13,14)1-2-18-7-9(4-16-18)22(20,21)19-6-8-3-15-5-10(8)17-19/h1-4,7,9-10,16,30H,5-6,8,11-12H2;4,6-7,15H,1-3,5H2/t16-;/m0./s1. The number of nitrogens with zero attached hydrogens (tertiary/aromatic N) is 9. The molecule has 0 fully saturated rings. The summed E-state index contributed by atoms with van der Waals surface area (Å²) in [5.41, 5.74) is 2.22. The summed E-state index contributed by atoms with van der Waals surface area (Å²) in [6.07, 6.45) is -4.31. The van der Waals surface area contributed by atoms with Crippen LogP contribution in [0.15, 0.2) is 71.2 Å². The quantitative estimate of drug-likeness (QED) is 0.186. The number of fused-ring (bicyclic) bond motifs is 2. The fourth-order valence-corrected chi connectivity index (χ4v) is 7.99. The highest BCUT2D eigenvalue weighted by atomic mass is 32.2. The highest BCUT2D eigenvalue weighted by Crippen LogP contribution is 2.29. The van der Waals surface area contributed by atoms with Crippen LogP contribution in [-0.4, -0.2) is 89.6 Å². The van der Waals surface area contributed by atoms with E-state index in [0.717, 1.165) is 43.8 Å². The van der Waals surface area contributed by atoms with Gasteiger partial charge in [0.1, 0.15) is 15.6 Å². The smallest absolute Gasteiger partial charge is 0.390 e. The lowest BCUT2D eigenvalue weighted by atomic mass is 9.98. The molecule has 302 valence electrons. The van der Waals surface area contributed by atoms with Gasteiger partial charge in [-0.2, -0.15) is 71.7 Å². The van der Waals surface area contributed by atoms with E-state index in [2.05, 4.69) is 25.7 Å². The third-order valence-electron chi connectivity index (χ3n) is 8.65. The number of halogens is 7. The highest BCUT2D eigenvalue weighted by molar-refractivity contribution is 7.90. The molecule has 0 unspecified atom stereocenters. The third kappa shape index (κ3) is 8.94. The minimum Gasteiger partial charge on any atom is -0.395 e. The van der Waals surface area contributed by atoms with E-state index < -0.39 is 82.6 Å². The van der Waals surface area contributed by atoms with Gasteiger partial charge in [0.2, 0.25) is 5.91 Å². The summed E-state index contributed by atoms with van der Waals surface area (Å²) >= 11 is 0. The van der Waals surface area contributed by atoms with Crippen molar-refractivity contribution in [3.8, 4) is 0 Å². The molecule has 0 aliphatic carbocycles. The van der Waals surface area contributed by atoms with Gasteiger partial charge in [0.25, 0.3) is 20.0 Å². The second-order valence-corrected chi connectivity index (χ2v) is 16.2. The lowest BCUT2D eigenvalue weighted by Gasteiger charge is -2.22. The molecule has 2 aliphatic heterocycles. The summed E-state index contributed by atoms with van der Waals surface area (Å²) in [6, 6.07) is 5.61. The second kappa shape index (κ2) is 15.4. The largest absolute Gasteiger partial charge is 0.395 e. The molecule has 7 rings (SSSR count). The Morgan fingerprint density at radius 3 is 1.80 bits per heavy atom. The number of hydrogen-bond acceptors (Lipinski definition) is 11. The van der Waals surface area contributed by atoms with E-state index in [1.807, 2.05) is 0 Å². The van der Waals surface area contributed by atoms with Crippen molar-refractivity contribution in [2.45, 2.75) is 80.2 Å². The van der Waals surface area contributed by atoms with E-state index in [1.165, 1.54) is 35.5 Å². The van der Waals surface area contributed by atoms with Crippen LogP contribution in [0.5, 0.6) is 0 Å². The van der Waals surface area contributed by atoms with Gasteiger partial charge in [0, 0.05) is 74.2 Å². The number of rotatable bonds is 11. The van der Waals surface area contributed by atoms with Crippen LogP contribution in [-0.2, 0) is 64.1 Å². The van der Waals surface area contributed by atoms with E-state index in [1.54, 1.807) is 6.07 Å². The molecule has 0 saturated carbocycles. The number of benzene rings is 1. The zero-order valence-corrected chi connectivity index (χ0v) is 30.3. The van der Waals surface area contributed by atoms with Gasteiger partial charge in [0.05, 0.1) is 55.7 Å². The predicted octanol–water partition coefficient (Wildman–Crippen LogP) is 2.90. The van der Waals surface area contributed by atoms with E-state index in [9.17, 15) is 57.5 Å². The lowest BCUT2D eigenvalue weighted by Crippen LogP contribution is -2.33. The van der Waals surface area contributed by atoms with Crippen LogP contribution in [0.2, 0.25) is 0 Å². The Morgan fingerprint density at radius 2 is 1.30 bits per heavy atom. The fraction of sp³-hybridized carbons (Fsp3) is 0.387. The lowest BCUT2D eigenvalue weighted by molar-refractivity contribution is -0.138. The van der Waals surface area contributed by atoms with Gasteiger partial charge >= 0.3 is 12.4 Å². The van der Waals surface area contributed by atoms with Crippen LogP contribution in [0.25, 0.3) is 0 Å². The molecule has 6 heterocycles. The Kier molecular flexibility index (Phi) is 11.2. The van der Waals surface area contributed by atoms with Gasteiger partial charge in [-0.25, -0.2) is 4.39 Å². The van der Waals surface area contributed by atoms with Crippen LogP contribution in [0.4, 0.5) is 30.7 Å². The third-order valence-corrected chi connectivity index (χ3v) is 11.6. The Balaban J connectivity index is 0.000000208. The number of carbonyl (C=O) groups excluding carboxylic acids is 1. The van der Waals surface area contributed by atoms with Crippen LogP contribution >= 0.6 is 0 Å². The molecular formula is C31H31F7N10O6S2. The number of aliphatic hydroxyl groups is 1. The number of aromatic nitrogens is 8. The number of aliphatic hydroxyl groups excluding tert-OH is 1.